The molecule has 2 N–H and O–H groups in total. The van der Waals surface area contributed by atoms with Gasteiger partial charge in [0.2, 0.25) is 0 Å². The fourth-order valence-electron chi connectivity index (χ4n) is 0.910. The zero-order valence-corrected chi connectivity index (χ0v) is 17.0. The van der Waals surface area contributed by atoms with Gasteiger partial charge in [0, 0.05) is 0 Å². The summed E-state index contributed by atoms with van der Waals surface area (Å²) in [5.41, 5.74) is 4.55. The maximum absolute atomic E-state index is 10.6. The summed E-state index contributed by atoms with van der Waals surface area (Å²) < 4.78 is 63.2. The minimum atomic E-state index is -4.77. The second-order valence-corrected chi connectivity index (χ2v) is 5.34. The number of nitrogens with two attached hydrogens (primary N) is 1. The van der Waals surface area contributed by atoms with Gasteiger partial charge in [-0.15, -0.1) is 0 Å². The Kier molecular flexibility index (Phi) is 9.80. The van der Waals surface area contributed by atoms with E-state index in [1.165, 1.54) is 0 Å². The third-order valence-corrected chi connectivity index (χ3v) is 3.28. The number of hydrogen-bond donors (Lipinski definition) is 1. The molecule has 0 aliphatic heterocycles. The van der Waals surface area contributed by atoms with E-state index >= 15 is 0 Å². The van der Waals surface area contributed by atoms with Crippen LogP contribution in [0.5, 0.6) is 0 Å². The summed E-state index contributed by atoms with van der Waals surface area (Å²) in [6.07, 6.45) is 0. The first kappa shape index (κ1) is 21.4. The van der Waals surface area contributed by atoms with Crippen molar-refractivity contribution >= 4 is 25.9 Å². The van der Waals surface area contributed by atoms with Crippen molar-refractivity contribution in [2.24, 2.45) is 0 Å². The van der Waals surface area contributed by atoms with Gasteiger partial charge < -0.3 is 14.8 Å². The van der Waals surface area contributed by atoms with Crippen LogP contribution < -0.4 is 109 Å². The smallest absolute Gasteiger partial charge is 0.744 e. The summed E-state index contributed by atoms with van der Waals surface area (Å²) in [6, 6.07) is 2.03. The summed E-state index contributed by atoms with van der Waals surface area (Å²) in [5.74, 6) is 0. The second kappa shape index (κ2) is 7.78. The monoisotopic (exact) mass is 329 g/mol. The Morgan fingerprint density at radius 2 is 1.41 bits per heavy atom. The van der Waals surface area contributed by atoms with E-state index in [4.69, 9.17) is 5.73 Å². The predicted octanol–water partition coefficient (Wildman–Crippen LogP) is -6.92. The molecule has 17 heavy (non-hydrogen) atoms. The molecule has 0 aromatic heterocycles. The molecule has 0 atom stereocenters. The average molecular weight is 329 g/mol. The molecular weight excluding hydrogens is 324 g/mol. The second-order valence-electron chi connectivity index (χ2n) is 2.61. The summed E-state index contributed by atoms with van der Waals surface area (Å²) in [4.78, 5) is -1.44. The van der Waals surface area contributed by atoms with Crippen LogP contribution in [-0.4, -0.2) is 25.9 Å². The predicted molar refractivity (Wildman–Crippen MR) is 46.8 cm³/mol. The van der Waals surface area contributed by atoms with Crippen LogP contribution in [0.1, 0.15) is 0 Å². The van der Waals surface area contributed by atoms with E-state index in [1.807, 2.05) is 0 Å². The molecule has 0 aliphatic rings. The quantitative estimate of drug-likeness (QED) is 0.323. The molecule has 7 nitrogen and oxygen atoms in total. The molecule has 1 aromatic rings. The van der Waals surface area contributed by atoms with Gasteiger partial charge in [0.25, 0.3) is 0 Å². The van der Waals surface area contributed by atoms with Crippen LogP contribution in [0.4, 0.5) is 5.69 Å². The molecule has 0 saturated heterocycles. The maximum atomic E-state index is 10.6. The Morgan fingerprint density at radius 3 is 1.71 bits per heavy atom. The zero-order valence-electron chi connectivity index (χ0n) is 9.08. The minimum Gasteiger partial charge on any atom is -0.744 e. The van der Waals surface area contributed by atoms with Gasteiger partial charge in [-0.25, -0.2) is 16.8 Å². The van der Waals surface area contributed by atoms with Gasteiger partial charge in [-0.2, -0.15) is 0 Å². The van der Waals surface area contributed by atoms with Crippen LogP contribution in [0.3, 0.4) is 0 Å². The first-order chi connectivity index (χ1) is 6.62. The van der Waals surface area contributed by atoms with Crippen molar-refractivity contribution in [2.75, 3.05) is 5.73 Å². The molecule has 0 amide bonds. The molecule has 0 aliphatic carbocycles. The Labute approximate surface area is 184 Å². The molecule has 84 valence electrons. The topological polar surface area (TPSA) is 140 Å². The molecule has 0 radical (unpaired) electrons. The number of anilines is 1. The van der Waals surface area contributed by atoms with Crippen LogP contribution in [0, 0.1) is 0 Å². The summed E-state index contributed by atoms with van der Waals surface area (Å²) in [6.45, 7) is 0. The van der Waals surface area contributed by atoms with E-state index in [2.05, 4.69) is 0 Å². The van der Waals surface area contributed by atoms with Crippen molar-refractivity contribution in [2.45, 2.75) is 9.79 Å². The number of nitrogen functional groups attached to an aromatic ring is 1. The third-order valence-electron chi connectivity index (χ3n) is 1.54. The van der Waals surface area contributed by atoms with Crippen molar-refractivity contribution in [3.8, 4) is 0 Å². The maximum Gasteiger partial charge on any atom is 1.00 e. The van der Waals surface area contributed by atoms with Crippen LogP contribution in [0.2, 0.25) is 0 Å². The van der Waals surface area contributed by atoms with E-state index in [0.29, 0.717) is 18.2 Å². The molecule has 0 bridgehead atoms. The Hall–Kier alpha value is 2.11. The minimum absolute atomic E-state index is 0. The summed E-state index contributed by atoms with van der Waals surface area (Å²) in [7, 11) is -9.48. The van der Waals surface area contributed by atoms with Gasteiger partial charge >= 0.3 is 103 Å². The molecule has 0 heterocycles. The largest absolute Gasteiger partial charge is 1.00 e. The van der Waals surface area contributed by atoms with E-state index in [9.17, 15) is 25.9 Å². The van der Waals surface area contributed by atoms with Gasteiger partial charge in [0.05, 0.1) is 15.5 Å². The van der Waals surface area contributed by atoms with Crippen LogP contribution in [0.15, 0.2) is 28.0 Å². The molecule has 11 heteroatoms. The van der Waals surface area contributed by atoms with Gasteiger partial charge in [-0.1, -0.05) is 0 Å². The number of rotatable bonds is 2. The Morgan fingerprint density at radius 1 is 0.941 bits per heavy atom. The van der Waals surface area contributed by atoms with E-state index in [0.717, 1.165) is 0 Å². The van der Waals surface area contributed by atoms with Gasteiger partial charge in [-0.3, -0.25) is 0 Å². The molecule has 1 aromatic carbocycles. The van der Waals surface area contributed by atoms with E-state index in [1.54, 1.807) is 0 Å². The molecule has 0 fully saturated rings. The summed E-state index contributed by atoms with van der Waals surface area (Å²) in [5, 5.41) is 0. The van der Waals surface area contributed by atoms with Crippen LogP contribution >= 0.6 is 0 Å². The van der Waals surface area contributed by atoms with Gasteiger partial charge in [0.15, 0.2) is 0 Å². The molecule has 0 spiro atoms. The first-order valence-electron chi connectivity index (χ1n) is 3.43. The Balaban J connectivity index is 0. The van der Waals surface area contributed by atoms with Gasteiger partial charge in [0.1, 0.15) is 20.2 Å². The fourth-order valence-corrected chi connectivity index (χ4v) is 2.00. The normalized spacial score (nSPS) is 11.2. The van der Waals surface area contributed by atoms with Crippen LogP contribution in [0.25, 0.3) is 0 Å². The van der Waals surface area contributed by atoms with E-state index in [-0.39, 0.29) is 103 Å². The number of benzene rings is 1. The Bertz CT molecular complexity index is 597. The van der Waals surface area contributed by atoms with Crippen LogP contribution in [-0.2, 0) is 20.2 Å². The summed E-state index contributed by atoms with van der Waals surface area (Å²) >= 11 is 0. The van der Waals surface area contributed by atoms with Crippen molar-refractivity contribution in [3.05, 3.63) is 18.2 Å². The molecule has 0 saturated carbocycles. The SMILES string of the molecule is Nc1cc(S(=O)(=O)[O-])ccc1S(=O)(=O)[O-].[K+].[K+]. The van der Waals surface area contributed by atoms with Gasteiger partial charge in [-0.05, 0) is 18.2 Å². The molecular formula is C6H5K2NO6S2. The first-order valence-corrected chi connectivity index (χ1v) is 6.25. The van der Waals surface area contributed by atoms with Crippen molar-refractivity contribution in [3.63, 3.8) is 0 Å². The van der Waals surface area contributed by atoms with Crippen molar-refractivity contribution < 1.29 is 129 Å². The molecule has 0 unspecified atom stereocenters. The number of hydrogen-bond acceptors (Lipinski definition) is 7. The standard InChI is InChI=1S/C6H7NO6S2.2K/c7-5-3-4(14(8,9)10)1-2-6(5)15(11,12)13;;/h1-3H,7H2,(H,8,9,10)(H,11,12,13);;/q;2*+1/p-2. The van der Waals surface area contributed by atoms with Crippen molar-refractivity contribution in [1.82, 2.24) is 0 Å². The van der Waals surface area contributed by atoms with E-state index < -0.39 is 35.7 Å². The third kappa shape index (κ3) is 6.40. The zero-order chi connectivity index (χ0) is 11.9. The average Bonchev–Trinajstić information content (AvgIpc) is 1.99. The fraction of sp³-hybridized carbons (Fsp3) is 0. The molecule has 1 rings (SSSR count). The van der Waals surface area contributed by atoms with Crippen molar-refractivity contribution in [1.29, 1.82) is 0 Å².